The summed E-state index contributed by atoms with van der Waals surface area (Å²) in [5, 5.41) is 10.2. The highest BCUT2D eigenvalue weighted by Gasteiger charge is 2.24. The highest BCUT2D eigenvalue weighted by atomic mass is 32.2. The molecule has 1 N–H and O–H groups in total. The first kappa shape index (κ1) is 15.3. The van der Waals surface area contributed by atoms with Crippen LogP contribution in [0.4, 0.5) is 0 Å². The van der Waals surface area contributed by atoms with Gasteiger partial charge in [0.25, 0.3) is 10.1 Å². The van der Waals surface area contributed by atoms with Gasteiger partial charge in [-0.3, -0.25) is 4.18 Å². The fraction of sp³-hybridized carbons (Fsp3) is 0.571. The van der Waals surface area contributed by atoms with E-state index in [-0.39, 0.29) is 12.5 Å². The van der Waals surface area contributed by atoms with Crippen LogP contribution in [0, 0.1) is 5.92 Å². The standard InChI is InChI=1S/C14H20O5S/c1-10(9-18-20(2,16)17)14(15)11-3-5-12(6-4-11)19-13-7-8-13/h3-6,10,13-15H,7-9H2,1-2H3/t10-,14+/m1/s1. The van der Waals surface area contributed by atoms with E-state index in [0.717, 1.165) is 30.4 Å². The second-order valence-corrected chi connectivity index (χ2v) is 6.94. The quantitative estimate of drug-likeness (QED) is 0.778. The van der Waals surface area contributed by atoms with Gasteiger partial charge in [0.05, 0.1) is 25.1 Å². The van der Waals surface area contributed by atoms with Gasteiger partial charge in [0.2, 0.25) is 0 Å². The average Bonchev–Trinajstić information content (AvgIpc) is 3.19. The Kier molecular flexibility index (Phi) is 4.67. The Labute approximate surface area is 119 Å². The first-order valence-corrected chi connectivity index (χ1v) is 8.46. The molecule has 1 aliphatic carbocycles. The molecule has 0 unspecified atom stereocenters. The molecule has 0 radical (unpaired) electrons. The summed E-state index contributed by atoms with van der Waals surface area (Å²) >= 11 is 0. The lowest BCUT2D eigenvalue weighted by Crippen LogP contribution is -2.17. The van der Waals surface area contributed by atoms with Gasteiger partial charge in [-0.05, 0) is 30.5 Å². The summed E-state index contributed by atoms with van der Waals surface area (Å²) in [6, 6.07) is 7.22. The number of rotatable bonds is 7. The van der Waals surface area contributed by atoms with E-state index >= 15 is 0 Å². The smallest absolute Gasteiger partial charge is 0.264 e. The largest absolute Gasteiger partial charge is 0.490 e. The summed E-state index contributed by atoms with van der Waals surface area (Å²) in [5.74, 6) is 0.475. The number of benzene rings is 1. The van der Waals surface area contributed by atoms with Gasteiger partial charge >= 0.3 is 0 Å². The van der Waals surface area contributed by atoms with E-state index < -0.39 is 16.2 Å². The molecule has 2 atom stereocenters. The Bertz CT molecular complexity index is 533. The minimum atomic E-state index is -3.48. The van der Waals surface area contributed by atoms with Gasteiger partial charge in [-0.25, -0.2) is 0 Å². The Balaban J connectivity index is 1.91. The van der Waals surface area contributed by atoms with Crippen LogP contribution in [-0.4, -0.2) is 32.5 Å². The molecule has 0 bridgehead atoms. The molecule has 112 valence electrons. The number of hydrogen-bond acceptors (Lipinski definition) is 5. The lowest BCUT2D eigenvalue weighted by molar-refractivity contribution is 0.0867. The molecular formula is C14H20O5S. The molecule has 1 aromatic carbocycles. The van der Waals surface area contributed by atoms with Gasteiger partial charge in [-0.1, -0.05) is 19.1 Å². The van der Waals surface area contributed by atoms with E-state index in [2.05, 4.69) is 0 Å². The van der Waals surface area contributed by atoms with Gasteiger partial charge in [-0.15, -0.1) is 0 Å². The van der Waals surface area contributed by atoms with Gasteiger partial charge in [-0.2, -0.15) is 8.42 Å². The number of ether oxygens (including phenoxy) is 1. The molecule has 1 aliphatic rings. The normalized spacial score (nSPS) is 18.6. The Hall–Kier alpha value is -1.11. The molecule has 0 amide bonds. The molecule has 6 heteroatoms. The molecular weight excluding hydrogens is 280 g/mol. The van der Waals surface area contributed by atoms with Crippen molar-refractivity contribution in [3.05, 3.63) is 29.8 Å². The highest BCUT2D eigenvalue weighted by molar-refractivity contribution is 7.85. The van der Waals surface area contributed by atoms with Crippen LogP contribution in [0.25, 0.3) is 0 Å². The molecule has 1 fully saturated rings. The van der Waals surface area contributed by atoms with Crippen molar-refractivity contribution in [2.45, 2.75) is 32.0 Å². The van der Waals surface area contributed by atoms with Crippen molar-refractivity contribution >= 4 is 10.1 Å². The average molecular weight is 300 g/mol. The third-order valence-corrected chi connectivity index (χ3v) is 3.70. The summed E-state index contributed by atoms with van der Waals surface area (Å²) in [7, 11) is -3.48. The van der Waals surface area contributed by atoms with Crippen LogP contribution in [0.5, 0.6) is 5.75 Å². The maximum atomic E-state index is 10.9. The van der Waals surface area contributed by atoms with E-state index in [1.54, 1.807) is 19.1 Å². The molecule has 2 rings (SSSR count). The van der Waals surface area contributed by atoms with Crippen LogP contribution < -0.4 is 4.74 Å². The zero-order valence-electron chi connectivity index (χ0n) is 11.7. The zero-order chi connectivity index (χ0) is 14.8. The molecule has 0 saturated heterocycles. The topological polar surface area (TPSA) is 72.8 Å². The van der Waals surface area contributed by atoms with Gasteiger partial charge in [0.1, 0.15) is 5.75 Å². The third-order valence-electron chi connectivity index (χ3n) is 3.13. The predicted molar refractivity (Wildman–Crippen MR) is 75.0 cm³/mol. The van der Waals surface area contributed by atoms with Crippen molar-refractivity contribution in [1.29, 1.82) is 0 Å². The van der Waals surface area contributed by atoms with Crippen LogP contribution in [0.3, 0.4) is 0 Å². The van der Waals surface area contributed by atoms with Crippen molar-refractivity contribution in [3.63, 3.8) is 0 Å². The van der Waals surface area contributed by atoms with E-state index in [9.17, 15) is 13.5 Å². The fourth-order valence-corrected chi connectivity index (χ4v) is 2.23. The molecule has 0 aliphatic heterocycles. The molecule has 1 aromatic rings. The van der Waals surface area contributed by atoms with Crippen molar-refractivity contribution in [3.8, 4) is 5.75 Å². The summed E-state index contributed by atoms with van der Waals surface area (Å²) in [6.07, 6.45) is 2.77. The second-order valence-electron chi connectivity index (χ2n) is 5.30. The van der Waals surface area contributed by atoms with Gasteiger partial charge < -0.3 is 9.84 Å². The molecule has 1 saturated carbocycles. The summed E-state index contributed by atoms with van der Waals surface area (Å²) < 4.78 is 32.2. The van der Waals surface area contributed by atoms with E-state index in [4.69, 9.17) is 8.92 Å². The van der Waals surface area contributed by atoms with Crippen LogP contribution >= 0.6 is 0 Å². The fourth-order valence-electron chi connectivity index (χ4n) is 1.77. The third kappa shape index (κ3) is 4.77. The van der Waals surface area contributed by atoms with Crippen molar-refractivity contribution in [2.75, 3.05) is 12.9 Å². The monoisotopic (exact) mass is 300 g/mol. The number of aliphatic hydroxyl groups is 1. The minimum Gasteiger partial charge on any atom is -0.490 e. The lowest BCUT2D eigenvalue weighted by Gasteiger charge is -2.19. The van der Waals surface area contributed by atoms with E-state index in [1.807, 2.05) is 12.1 Å². The van der Waals surface area contributed by atoms with E-state index in [0.29, 0.717) is 6.10 Å². The summed E-state index contributed by atoms with van der Waals surface area (Å²) in [6.45, 7) is 1.70. The van der Waals surface area contributed by atoms with Gasteiger partial charge in [0, 0.05) is 5.92 Å². The van der Waals surface area contributed by atoms with Crippen LogP contribution in [0.1, 0.15) is 31.4 Å². The molecule has 0 spiro atoms. The zero-order valence-corrected chi connectivity index (χ0v) is 12.5. The lowest BCUT2D eigenvalue weighted by atomic mass is 9.98. The summed E-state index contributed by atoms with van der Waals surface area (Å²) in [5.41, 5.74) is 0.720. The maximum absolute atomic E-state index is 10.9. The highest BCUT2D eigenvalue weighted by Crippen LogP contribution is 2.29. The van der Waals surface area contributed by atoms with E-state index in [1.165, 1.54) is 0 Å². The molecule has 5 nitrogen and oxygen atoms in total. The van der Waals surface area contributed by atoms with Gasteiger partial charge in [0.15, 0.2) is 0 Å². The predicted octanol–water partition coefficient (Wildman–Crippen LogP) is 1.87. The second kappa shape index (κ2) is 6.11. The molecule has 0 heterocycles. The van der Waals surface area contributed by atoms with Crippen LogP contribution in [-0.2, 0) is 14.3 Å². The number of aliphatic hydroxyl groups excluding tert-OH is 1. The SMILES string of the molecule is C[C@H](COS(C)(=O)=O)[C@H](O)c1ccc(OC2CC2)cc1. The van der Waals surface area contributed by atoms with Crippen molar-refractivity contribution in [1.82, 2.24) is 0 Å². The first-order valence-electron chi connectivity index (χ1n) is 6.64. The van der Waals surface area contributed by atoms with Crippen molar-refractivity contribution < 1.29 is 22.4 Å². The van der Waals surface area contributed by atoms with Crippen LogP contribution in [0.15, 0.2) is 24.3 Å². The van der Waals surface area contributed by atoms with Crippen molar-refractivity contribution in [2.24, 2.45) is 5.92 Å². The minimum absolute atomic E-state index is 0.0413. The molecule has 0 aromatic heterocycles. The Morgan fingerprint density at radius 1 is 1.30 bits per heavy atom. The van der Waals surface area contributed by atoms with Crippen LogP contribution in [0.2, 0.25) is 0 Å². The summed E-state index contributed by atoms with van der Waals surface area (Å²) in [4.78, 5) is 0. The Morgan fingerprint density at radius 3 is 2.40 bits per heavy atom. The maximum Gasteiger partial charge on any atom is 0.264 e. The number of hydrogen-bond donors (Lipinski definition) is 1. The Morgan fingerprint density at radius 2 is 1.90 bits per heavy atom. The molecule has 20 heavy (non-hydrogen) atoms. The first-order chi connectivity index (χ1) is 9.35.